The van der Waals surface area contributed by atoms with E-state index in [1.807, 2.05) is 6.07 Å². The number of imide groups is 1. The van der Waals surface area contributed by atoms with Gasteiger partial charge in [0, 0.05) is 24.8 Å². The Labute approximate surface area is 118 Å². The minimum absolute atomic E-state index is 0.297. The van der Waals surface area contributed by atoms with Gasteiger partial charge in [-0.25, -0.2) is 0 Å². The third-order valence-corrected chi connectivity index (χ3v) is 4.14. The Balaban J connectivity index is 1.69. The standard InChI is InChI=1S/C15H19N3O2/c1-2-18-7-5-10(6-8-18)16-11-3-4-12-13(9-11)15(20)17-14(12)19/h3-4,9-10,16H,2,5-8H2,1H3,(H,17,19,20). The number of anilines is 1. The van der Waals surface area contributed by atoms with Gasteiger partial charge in [0.1, 0.15) is 0 Å². The van der Waals surface area contributed by atoms with Crippen LogP contribution >= 0.6 is 0 Å². The Morgan fingerprint density at radius 2 is 1.90 bits per heavy atom. The van der Waals surface area contributed by atoms with Crippen LogP contribution in [0.15, 0.2) is 18.2 Å². The first-order valence-electron chi connectivity index (χ1n) is 7.16. The van der Waals surface area contributed by atoms with E-state index in [0.717, 1.165) is 38.2 Å². The number of rotatable bonds is 3. The normalized spacial score (nSPS) is 19.9. The first kappa shape index (κ1) is 13.1. The zero-order valence-electron chi connectivity index (χ0n) is 11.6. The molecule has 2 aliphatic heterocycles. The number of carbonyl (C=O) groups is 2. The fourth-order valence-electron chi connectivity index (χ4n) is 2.89. The molecule has 0 spiro atoms. The van der Waals surface area contributed by atoms with Gasteiger partial charge in [-0.3, -0.25) is 14.9 Å². The first-order valence-corrected chi connectivity index (χ1v) is 7.16. The third kappa shape index (κ3) is 2.41. The van der Waals surface area contributed by atoms with E-state index < -0.39 is 0 Å². The molecule has 1 aromatic rings. The van der Waals surface area contributed by atoms with Crippen LogP contribution in [-0.4, -0.2) is 42.4 Å². The number of benzene rings is 1. The molecule has 0 radical (unpaired) electrons. The van der Waals surface area contributed by atoms with Crippen LogP contribution in [0, 0.1) is 0 Å². The second kappa shape index (κ2) is 5.25. The number of hydrogen-bond acceptors (Lipinski definition) is 4. The highest BCUT2D eigenvalue weighted by Crippen LogP contribution is 2.22. The van der Waals surface area contributed by atoms with E-state index >= 15 is 0 Å². The molecule has 2 heterocycles. The zero-order valence-corrected chi connectivity index (χ0v) is 11.6. The van der Waals surface area contributed by atoms with Crippen LogP contribution in [0.3, 0.4) is 0 Å². The molecule has 3 rings (SSSR count). The molecule has 0 atom stereocenters. The fraction of sp³-hybridized carbons (Fsp3) is 0.467. The van der Waals surface area contributed by atoms with Crippen LogP contribution in [0.2, 0.25) is 0 Å². The molecule has 5 nitrogen and oxygen atoms in total. The maximum atomic E-state index is 11.6. The Bertz CT molecular complexity index is 548. The van der Waals surface area contributed by atoms with Crippen LogP contribution in [0.4, 0.5) is 5.69 Å². The van der Waals surface area contributed by atoms with Gasteiger partial charge in [0.25, 0.3) is 11.8 Å². The predicted molar refractivity (Wildman–Crippen MR) is 77.0 cm³/mol. The molecule has 0 aliphatic carbocycles. The number of nitrogens with one attached hydrogen (secondary N) is 2. The molecule has 0 saturated carbocycles. The molecular formula is C15H19N3O2. The van der Waals surface area contributed by atoms with E-state index in [-0.39, 0.29) is 11.8 Å². The summed E-state index contributed by atoms with van der Waals surface area (Å²) in [6.07, 6.45) is 2.21. The highest BCUT2D eigenvalue weighted by atomic mass is 16.2. The Morgan fingerprint density at radius 3 is 2.60 bits per heavy atom. The largest absolute Gasteiger partial charge is 0.382 e. The van der Waals surface area contributed by atoms with Gasteiger partial charge in [-0.15, -0.1) is 0 Å². The van der Waals surface area contributed by atoms with Crippen LogP contribution in [0.25, 0.3) is 0 Å². The van der Waals surface area contributed by atoms with Crippen LogP contribution in [-0.2, 0) is 0 Å². The van der Waals surface area contributed by atoms with Gasteiger partial charge < -0.3 is 10.2 Å². The van der Waals surface area contributed by atoms with E-state index in [1.165, 1.54) is 0 Å². The lowest BCUT2D eigenvalue weighted by Crippen LogP contribution is -2.38. The maximum Gasteiger partial charge on any atom is 0.259 e. The van der Waals surface area contributed by atoms with Crippen LogP contribution in [0.5, 0.6) is 0 Å². The minimum Gasteiger partial charge on any atom is -0.382 e. The van der Waals surface area contributed by atoms with Crippen molar-refractivity contribution in [3.05, 3.63) is 29.3 Å². The smallest absolute Gasteiger partial charge is 0.259 e. The maximum absolute atomic E-state index is 11.6. The molecule has 5 heteroatoms. The Morgan fingerprint density at radius 1 is 1.20 bits per heavy atom. The van der Waals surface area contributed by atoms with Crippen molar-refractivity contribution < 1.29 is 9.59 Å². The highest BCUT2D eigenvalue weighted by Gasteiger charge is 2.27. The molecule has 1 aromatic carbocycles. The lowest BCUT2D eigenvalue weighted by Gasteiger charge is -2.32. The highest BCUT2D eigenvalue weighted by molar-refractivity contribution is 6.21. The second-order valence-electron chi connectivity index (χ2n) is 5.40. The Kier molecular flexibility index (Phi) is 3.44. The van der Waals surface area contributed by atoms with Gasteiger partial charge in [-0.05, 0) is 37.6 Å². The molecule has 2 amide bonds. The van der Waals surface area contributed by atoms with Crippen molar-refractivity contribution in [1.29, 1.82) is 0 Å². The van der Waals surface area contributed by atoms with Crippen molar-refractivity contribution in [1.82, 2.24) is 10.2 Å². The molecule has 0 bridgehead atoms. The van der Waals surface area contributed by atoms with E-state index in [9.17, 15) is 9.59 Å². The van der Waals surface area contributed by atoms with Crippen molar-refractivity contribution in [2.24, 2.45) is 0 Å². The average Bonchev–Trinajstić information content (AvgIpc) is 2.75. The number of carbonyl (C=O) groups excluding carboxylic acids is 2. The van der Waals surface area contributed by atoms with Crippen molar-refractivity contribution >= 4 is 17.5 Å². The van der Waals surface area contributed by atoms with Gasteiger partial charge in [-0.1, -0.05) is 6.92 Å². The van der Waals surface area contributed by atoms with Crippen molar-refractivity contribution in [2.45, 2.75) is 25.8 Å². The topological polar surface area (TPSA) is 61.4 Å². The van der Waals surface area contributed by atoms with Crippen LogP contribution in [0.1, 0.15) is 40.5 Å². The summed E-state index contributed by atoms with van der Waals surface area (Å²) in [7, 11) is 0. The fourth-order valence-corrected chi connectivity index (χ4v) is 2.89. The summed E-state index contributed by atoms with van der Waals surface area (Å²) in [4.78, 5) is 25.6. The summed E-state index contributed by atoms with van der Waals surface area (Å²) >= 11 is 0. The van der Waals surface area contributed by atoms with E-state index in [0.29, 0.717) is 17.2 Å². The number of likely N-dealkylation sites (tertiary alicyclic amines) is 1. The molecule has 20 heavy (non-hydrogen) atoms. The number of fused-ring (bicyclic) bond motifs is 1. The molecule has 0 aromatic heterocycles. The van der Waals surface area contributed by atoms with Gasteiger partial charge in [0.15, 0.2) is 0 Å². The van der Waals surface area contributed by atoms with Crippen molar-refractivity contribution in [3.8, 4) is 0 Å². The van der Waals surface area contributed by atoms with Gasteiger partial charge >= 0.3 is 0 Å². The van der Waals surface area contributed by atoms with E-state index in [2.05, 4.69) is 22.5 Å². The molecule has 1 fully saturated rings. The molecule has 2 N–H and O–H groups in total. The lowest BCUT2D eigenvalue weighted by molar-refractivity contribution is 0.0879. The van der Waals surface area contributed by atoms with Crippen molar-refractivity contribution in [2.75, 3.05) is 25.0 Å². The number of amides is 2. The summed E-state index contributed by atoms with van der Waals surface area (Å²) in [6.45, 7) is 5.51. The molecule has 0 unspecified atom stereocenters. The van der Waals surface area contributed by atoms with Crippen LogP contribution < -0.4 is 10.6 Å². The summed E-state index contributed by atoms with van der Waals surface area (Å²) in [5.41, 5.74) is 1.87. The Hall–Kier alpha value is -1.88. The molecular weight excluding hydrogens is 254 g/mol. The van der Waals surface area contributed by atoms with Gasteiger partial charge in [0.05, 0.1) is 11.1 Å². The van der Waals surface area contributed by atoms with Gasteiger partial charge in [0.2, 0.25) is 0 Å². The average molecular weight is 273 g/mol. The lowest BCUT2D eigenvalue weighted by atomic mass is 10.0. The molecule has 1 saturated heterocycles. The predicted octanol–water partition coefficient (Wildman–Crippen LogP) is 1.47. The monoisotopic (exact) mass is 273 g/mol. The second-order valence-corrected chi connectivity index (χ2v) is 5.40. The SMILES string of the molecule is CCN1CCC(Nc2ccc3c(c2)C(=O)NC3=O)CC1. The quantitative estimate of drug-likeness (QED) is 0.819. The zero-order chi connectivity index (χ0) is 14.1. The number of piperidine rings is 1. The third-order valence-electron chi connectivity index (χ3n) is 4.14. The van der Waals surface area contributed by atoms with Gasteiger partial charge in [-0.2, -0.15) is 0 Å². The molecule has 2 aliphatic rings. The number of nitrogens with zero attached hydrogens (tertiary/aromatic N) is 1. The van der Waals surface area contributed by atoms with E-state index in [1.54, 1.807) is 12.1 Å². The van der Waals surface area contributed by atoms with Crippen molar-refractivity contribution in [3.63, 3.8) is 0 Å². The summed E-state index contributed by atoms with van der Waals surface area (Å²) < 4.78 is 0. The van der Waals surface area contributed by atoms with E-state index in [4.69, 9.17) is 0 Å². The summed E-state index contributed by atoms with van der Waals surface area (Å²) in [5, 5.41) is 5.79. The molecule has 106 valence electrons. The number of hydrogen-bond donors (Lipinski definition) is 2. The minimum atomic E-state index is -0.298. The summed E-state index contributed by atoms with van der Waals surface area (Å²) in [6, 6.07) is 5.82. The summed E-state index contributed by atoms with van der Waals surface area (Å²) in [5.74, 6) is -0.595. The first-order chi connectivity index (χ1) is 9.67.